The Kier molecular flexibility index (Phi) is 4.52. The summed E-state index contributed by atoms with van der Waals surface area (Å²) in [5.41, 5.74) is 1.09. The van der Waals surface area contributed by atoms with E-state index in [1.165, 1.54) is 12.8 Å². The number of rotatable bonds is 2. The van der Waals surface area contributed by atoms with Gasteiger partial charge in [-0.15, -0.1) is 0 Å². The molecule has 1 aromatic carbocycles. The third-order valence-corrected chi connectivity index (χ3v) is 4.33. The van der Waals surface area contributed by atoms with Gasteiger partial charge in [0, 0.05) is 20.3 Å². The molecule has 0 aromatic heterocycles. The lowest BCUT2D eigenvalue weighted by atomic mass is 9.85. The van der Waals surface area contributed by atoms with Crippen LogP contribution >= 0.6 is 34.2 Å². The van der Waals surface area contributed by atoms with E-state index in [1.54, 1.807) is 0 Å². The summed E-state index contributed by atoms with van der Waals surface area (Å²) in [6.07, 6.45) is 4.48. The van der Waals surface area contributed by atoms with Crippen LogP contribution in [-0.4, -0.2) is 6.04 Å². The minimum atomic E-state index is 0.134. The van der Waals surface area contributed by atoms with Crippen molar-refractivity contribution in [3.05, 3.63) is 26.8 Å². The molecule has 0 bridgehead atoms. The van der Waals surface area contributed by atoms with Crippen molar-refractivity contribution in [3.8, 4) is 6.07 Å². The van der Waals surface area contributed by atoms with Crippen LogP contribution in [0.25, 0.3) is 0 Å². The summed E-state index contributed by atoms with van der Waals surface area (Å²) < 4.78 is 1.11. The predicted molar refractivity (Wildman–Crippen MR) is 79.2 cm³/mol. The monoisotopic (exact) mass is 360 g/mol. The van der Waals surface area contributed by atoms with Crippen molar-refractivity contribution in [1.29, 1.82) is 5.26 Å². The number of halogens is 2. The van der Waals surface area contributed by atoms with Gasteiger partial charge in [-0.1, -0.05) is 24.4 Å². The number of anilines is 1. The molecule has 1 N–H and O–H groups in total. The highest BCUT2D eigenvalue weighted by Crippen LogP contribution is 2.29. The summed E-state index contributed by atoms with van der Waals surface area (Å²) in [5.74, 6) is 0.134. The molecule has 1 aliphatic carbocycles. The minimum absolute atomic E-state index is 0.134. The van der Waals surface area contributed by atoms with Crippen molar-refractivity contribution >= 4 is 39.9 Å². The highest BCUT2D eigenvalue weighted by molar-refractivity contribution is 14.1. The Morgan fingerprint density at radius 3 is 2.82 bits per heavy atom. The van der Waals surface area contributed by atoms with Gasteiger partial charge >= 0.3 is 0 Å². The van der Waals surface area contributed by atoms with Crippen LogP contribution in [0.2, 0.25) is 5.02 Å². The van der Waals surface area contributed by atoms with E-state index in [4.69, 9.17) is 16.9 Å². The lowest BCUT2D eigenvalue weighted by molar-refractivity contribution is 0.388. The smallest absolute Gasteiger partial charge is 0.0677 e. The molecule has 2 atom stereocenters. The molecule has 0 aliphatic heterocycles. The molecule has 1 saturated carbocycles. The highest BCUT2D eigenvalue weighted by Gasteiger charge is 2.25. The molecule has 1 fully saturated rings. The summed E-state index contributed by atoms with van der Waals surface area (Å²) in [7, 11) is 0. The Morgan fingerprint density at radius 2 is 2.12 bits per heavy atom. The molecule has 4 heteroatoms. The van der Waals surface area contributed by atoms with Gasteiger partial charge in [-0.05, 0) is 53.6 Å². The summed E-state index contributed by atoms with van der Waals surface area (Å²) in [5, 5.41) is 13.4. The first-order valence-electron chi connectivity index (χ1n) is 5.82. The topological polar surface area (TPSA) is 35.8 Å². The zero-order valence-electron chi connectivity index (χ0n) is 9.42. The number of benzene rings is 1. The van der Waals surface area contributed by atoms with Crippen LogP contribution < -0.4 is 5.32 Å². The van der Waals surface area contributed by atoms with E-state index in [0.717, 1.165) is 27.1 Å². The summed E-state index contributed by atoms with van der Waals surface area (Å²) in [6.45, 7) is 0. The zero-order valence-corrected chi connectivity index (χ0v) is 12.3. The quantitative estimate of drug-likeness (QED) is 0.792. The maximum atomic E-state index is 9.14. The summed E-state index contributed by atoms with van der Waals surface area (Å²) in [4.78, 5) is 0. The van der Waals surface area contributed by atoms with Gasteiger partial charge in [0.15, 0.2) is 0 Å². The van der Waals surface area contributed by atoms with Crippen LogP contribution in [0, 0.1) is 20.8 Å². The second-order valence-corrected chi connectivity index (χ2v) is 5.99. The molecule has 2 rings (SSSR count). The molecule has 0 radical (unpaired) electrons. The molecule has 2 unspecified atom stereocenters. The van der Waals surface area contributed by atoms with E-state index in [-0.39, 0.29) is 12.0 Å². The van der Waals surface area contributed by atoms with Crippen LogP contribution in [0.1, 0.15) is 25.7 Å². The van der Waals surface area contributed by atoms with Gasteiger partial charge in [0.05, 0.1) is 12.0 Å². The summed E-state index contributed by atoms with van der Waals surface area (Å²) >= 11 is 8.20. The SMILES string of the molecule is N#CC1CCCCC1Nc1ccc(Cl)cc1I. The van der Waals surface area contributed by atoms with Crippen molar-refractivity contribution in [3.63, 3.8) is 0 Å². The Labute approximate surface area is 120 Å². The van der Waals surface area contributed by atoms with E-state index in [2.05, 4.69) is 34.0 Å². The zero-order chi connectivity index (χ0) is 12.3. The Balaban J connectivity index is 2.11. The minimum Gasteiger partial charge on any atom is -0.380 e. The molecule has 1 aliphatic rings. The molecular weight excluding hydrogens is 347 g/mol. The van der Waals surface area contributed by atoms with Gasteiger partial charge in [-0.2, -0.15) is 5.26 Å². The fraction of sp³-hybridized carbons (Fsp3) is 0.462. The molecule has 0 heterocycles. The number of nitrogens with one attached hydrogen (secondary N) is 1. The average Bonchev–Trinajstić information content (AvgIpc) is 2.33. The van der Waals surface area contributed by atoms with E-state index in [9.17, 15) is 0 Å². The maximum absolute atomic E-state index is 9.14. The molecule has 17 heavy (non-hydrogen) atoms. The number of nitrogens with zero attached hydrogens (tertiary/aromatic N) is 1. The van der Waals surface area contributed by atoms with Crippen molar-refractivity contribution in [2.24, 2.45) is 5.92 Å². The molecule has 90 valence electrons. The average molecular weight is 361 g/mol. The fourth-order valence-electron chi connectivity index (χ4n) is 2.26. The number of hydrogen-bond donors (Lipinski definition) is 1. The lowest BCUT2D eigenvalue weighted by Crippen LogP contribution is -2.31. The van der Waals surface area contributed by atoms with Crippen LogP contribution in [0.5, 0.6) is 0 Å². The van der Waals surface area contributed by atoms with Crippen LogP contribution in [0.15, 0.2) is 18.2 Å². The van der Waals surface area contributed by atoms with Crippen molar-refractivity contribution in [1.82, 2.24) is 0 Å². The molecule has 0 saturated heterocycles. The first-order chi connectivity index (χ1) is 8.20. The third kappa shape index (κ3) is 3.26. The van der Waals surface area contributed by atoms with Crippen LogP contribution in [0.4, 0.5) is 5.69 Å². The second-order valence-electron chi connectivity index (χ2n) is 4.40. The van der Waals surface area contributed by atoms with E-state index in [1.807, 2.05) is 18.2 Å². The highest BCUT2D eigenvalue weighted by atomic mass is 127. The van der Waals surface area contributed by atoms with Crippen molar-refractivity contribution in [2.45, 2.75) is 31.7 Å². The lowest BCUT2D eigenvalue weighted by Gasteiger charge is -2.28. The molecule has 0 spiro atoms. The van der Waals surface area contributed by atoms with Gasteiger partial charge in [0.2, 0.25) is 0 Å². The van der Waals surface area contributed by atoms with Crippen molar-refractivity contribution < 1.29 is 0 Å². The molecule has 0 amide bonds. The van der Waals surface area contributed by atoms with Crippen LogP contribution in [0.3, 0.4) is 0 Å². The van der Waals surface area contributed by atoms with E-state index >= 15 is 0 Å². The van der Waals surface area contributed by atoms with Gasteiger partial charge in [0.25, 0.3) is 0 Å². The number of nitriles is 1. The molecule has 2 nitrogen and oxygen atoms in total. The second kappa shape index (κ2) is 5.92. The maximum Gasteiger partial charge on any atom is 0.0677 e. The van der Waals surface area contributed by atoms with E-state index in [0.29, 0.717) is 0 Å². The largest absolute Gasteiger partial charge is 0.380 e. The predicted octanol–water partition coefficient (Wildman–Crippen LogP) is 4.44. The van der Waals surface area contributed by atoms with Crippen molar-refractivity contribution in [2.75, 3.05) is 5.32 Å². The van der Waals surface area contributed by atoms with Gasteiger partial charge in [-0.3, -0.25) is 0 Å². The molecular formula is C13H14ClIN2. The molecule has 1 aromatic rings. The third-order valence-electron chi connectivity index (χ3n) is 3.20. The number of hydrogen-bond acceptors (Lipinski definition) is 2. The Hall–Kier alpha value is -0.470. The first-order valence-corrected chi connectivity index (χ1v) is 7.27. The normalized spacial score (nSPS) is 24.1. The standard InChI is InChI=1S/C13H14ClIN2/c14-10-5-6-13(11(15)7-10)17-12-4-2-1-3-9(12)8-16/h5-7,9,12,17H,1-4H2. The Morgan fingerprint density at radius 1 is 1.35 bits per heavy atom. The van der Waals surface area contributed by atoms with E-state index < -0.39 is 0 Å². The van der Waals surface area contributed by atoms with Gasteiger partial charge in [0.1, 0.15) is 0 Å². The van der Waals surface area contributed by atoms with Gasteiger partial charge in [-0.25, -0.2) is 0 Å². The first kappa shape index (κ1) is 13.0. The summed E-state index contributed by atoms with van der Waals surface area (Å²) in [6, 6.07) is 8.51. The van der Waals surface area contributed by atoms with Crippen LogP contribution in [-0.2, 0) is 0 Å². The Bertz CT molecular complexity index is 442. The fourth-order valence-corrected chi connectivity index (χ4v) is 3.29. The van der Waals surface area contributed by atoms with Gasteiger partial charge < -0.3 is 5.32 Å².